The number of benzene rings is 1. The van der Waals surface area contributed by atoms with Gasteiger partial charge in [-0.2, -0.15) is 0 Å². The van der Waals surface area contributed by atoms with E-state index in [2.05, 4.69) is 25.1 Å². The third-order valence-corrected chi connectivity index (χ3v) is 3.75. The molecule has 1 heterocycles. The van der Waals surface area contributed by atoms with Gasteiger partial charge in [-0.05, 0) is 32.3 Å². The molecule has 1 aliphatic carbocycles. The van der Waals surface area contributed by atoms with Crippen molar-refractivity contribution in [2.45, 2.75) is 44.2 Å². The molecule has 1 aromatic rings. The second kappa shape index (κ2) is 2.99. The Morgan fingerprint density at radius 2 is 2.20 bits per heavy atom. The van der Waals surface area contributed by atoms with E-state index >= 15 is 0 Å². The Bertz CT molecular complexity index is 396. The smallest absolute Gasteiger partial charge is 0.124 e. The van der Waals surface area contributed by atoms with E-state index in [1.54, 1.807) is 0 Å². The maximum absolute atomic E-state index is 6.22. The quantitative estimate of drug-likeness (QED) is 0.703. The summed E-state index contributed by atoms with van der Waals surface area (Å²) < 4.78 is 6.10. The molecule has 3 rings (SSSR count). The van der Waals surface area contributed by atoms with Crippen LogP contribution in [-0.2, 0) is 0 Å². The van der Waals surface area contributed by atoms with Gasteiger partial charge in [0.05, 0.1) is 0 Å². The third-order valence-electron chi connectivity index (χ3n) is 3.75. The van der Waals surface area contributed by atoms with E-state index in [9.17, 15) is 0 Å². The van der Waals surface area contributed by atoms with Crippen LogP contribution in [0.15, 0.2) is 18.2 Å². The fourth-order valence-corrected chi connectivity index (χ4v) is 2.71. The fourth-order valence-electron chi connectivity index (χ4n) is 2.71. The SMILES string of the molecule is Cc1ccc2c(c1)[C@@H](N)CC1(CCC1)O2. The highest BCUT2D eigenvalue weighted by Gasteiger charge is 2.44. The van der Waals surface area contributed by atoms with Crippen LogP contribution in [0.5, 0.6) is 5.75 Å². The third kappa shape index (κ3) is 1.36. The highest BCUT2D eigenvalue weighted by molar-refractivity contribution is 5.41. The van der Waals surface area contributed by atoms with Gasteiger partial charge in [0, 0.05) is 18.0 Å². The van der Waals surface area contributed by atoms with Crippen molar-refractivity contribution >= 4 is 0 Å². The van der Waals surface area contributed by atoms with E-state index in [4.69, 9.17) is 10.5 Å². The number of rotatable bonds is 0. The highest BCUT2D eigenvalue weighted by Crippen LogP contribution is 2.48. The number of hydrogen-bond acceptors (Lipinski definition) is 2. The first-order valence-corrected chi connectivity index (χ1v) is 5.74. The molecule has 0 aromatic heterocycles. The molecule has 15 heavy (non-hydrogen) atoms. The molecule has 2 N–H and O–H groups in total. The first kappa shape index (κ1) is 9.22. The highest BCUT2D eigenvalue weighted by atomic mass is 16.5. The van der Waals surface area contributed by atoms with E-state index in [1.807, 2.05) is 0 Å². The van der Waals surface area contributed by atoms with Crippen molar-refractivity contribution in [3.05, 3.63) is 29.3 Å². The number of ether oxygens (including phenoxy) is 1. The van der Waals surface area contributed by atoms with Gasteiger partial charge in [-0.25, -0.2) is 0 Å². The Morgan fingerprint density at radius 1 is 1.40 bits per heavy atom. The first-order chi connectivity index (χ1) is 7.19. The molecule has 1 spiro atoms. The van der Waals surface area contributed by atoms with Gasteiger partial charge < -0.3 is 10.5 Å². The lowest BCUT2D eigenvalue weighted by Gasteiger charge is -2.47. The summed E-state index contributed by atoms with van der Waals surface area (Å²) >= 11 is 0. The molecule has 2 heteroatoms. The second-order valence-corrected chi connectivity index (χ2v) is 4.99. The van der Waals surface area contributed by atoms with Crippen LogP contribution in [0, 0.1) is 6.92 Å². The molecule has 2 nitrogen and oxygen atoms in total. The predicted molar refractivity (Wildman–Crippen MR) is 59.9 cm³/mol. The number of aryl methyl sites for hydroxylation is 1. The van der Waals surface area contributed by atoms with Crippen molar-refractivity contribution in [2.24, 2.45) is 5.73 Å². The van der Waals surface area contributed by atoms with Crippen molar-refractivity contribution in [3.63, 3.8) is 0 Å². The molecule has 0 saturated heterocycles. The van der Waals surface area contributed by atoms with Crippen LogP contribution in [0.4, 0.5) is 0 Å². The largest absolute Gasteiger partial charge is 0.487 e. The summed E-state index contributed by atoms with van der Waals surface area (Å²) in [6, 6.07) is 6.49. The molecule has 2 aliphatic rings. The monoisotopic (exact) mass is 203 g/mol. The van der Waals surface area contributed by atoms with Crippen LogP contribution in [0.25, 0.3) is 0 Å². The molecular weight excluding hydrogens is 186 g/mol. The lowest BCUT2D eigenvalue weighted by molar-refractivity contribution is -0.0329. The maximum atomic E-state index is 6.22. The minimum atomic E-state index is 0.0850. The van der Waals surface area contributed by atoms with Gasteiger partial charge in [0.25, 0.3) is 0 Å². The molecule has 1 fully saturated rings. The van der Waals surface area contributed by atoms with Crippen LogP contribution in [0.3, 0.4) is 0 Å². The van der Waals surface area contributed by atoms with Crippen molar-refractivity contribution in [1.82, 2.24) is 0 Å². The summed E-state index contributed by atoms with van der Waals surface area (Å²) in [6.45, 7) is 2.10. The molecule has 1 saturated carbocycles. The van der Waals surface area contributed by atoms with Crippen LogP contribution >= 0.6 is 0 Å². The lowest BCUT2D eigenvalue weighted by Crippen LogP contribution is -2.48. The van der Waals surface area contributed by atoms with E-state index < -0.39 is 0 Å². The molecule has 0 amide bonds. The Labute approximate surface area is 90.4 Å². The average molecular weight is 203 g/mol. The molecular formula is C13H17NO. The maximum Gasteiger partial charge on any atom is 0.124 e. The van der Waals surface area contributed by atoms with Crippen molar-refractivity contribution < 1.29 is 4.74 Å². The molecule has 1 atom stereocenters. The standard InChI is InChI=1S/C13H17NO/c1-9-3-4-12-10(7-9)11(14)8-13(15-12)5-2-6-13/h3-4,7,11H,2,5-6,8,14H2,1H3/t11-/m0/s1. The van der Waals surface area contributed by atoms with Crippen molar-refractivity contribution in [1.29, 1.82) is 0 Å². The topological polar surface area (TPSA) is 35.2 Å². The van der Waals surface area contributed by atoms with Gasteiger partial charge in [-0.1, -0.05) is 17.7 Å². The summed E-state index contributed by atoms with van der Waals surface area (Å²) in [5, 5.41) is 0. The predicted octanol–water partition coefficient (Wildman–Crippen LogP) is 2.70. The van der Waals surface area contributed by atoms with E-state index in [-0.39, 0.29) is 11.6 Å². The van der Waals surface area contributed by atoms with Gasteiger partial charge >= 0.3 is 0 Å². The van der Waals surface area contributed by atoms with Gasteiger partial charge in [0.1, 0.15) is 11.4 Å². The van der Waals surface area contributed by atoms with Crippen LogP contribution in [0.2, 0.25) is 0 Å². The van der Waals surface area contributed by atoms with Crippen LogP contribution < -0.4 is 10.5 Å². The minimum Gasteiger partial charge on any atom is -0.487 e. The van der Waals surface area contributed by atoms with Crippen molar-refractivity contribution in [3.8, 4) is 5.75 Å². The minimum absolute atomic E-state index is 0.0850. The van der Waals surface area contributed by atoms with Gasteiger partial charge in [0.2, 0.25) is 0 Å². The fraction of sp³-hybridized carbons (Fsp3) is 0.538. The first-order valence-electron chi connectivity index (χ1n) is 5.74. The molecule has 80 valence electrons. The number of hydrogen-bond donors (Lipinski definition) is 1. The molecule has 0 bridgehead atoms. The van der Waals surface area contributed by atoms with Gasteiger partial charge in [-0.3, -0.25) is 0 Å². The molecule has 1 aromatic carbocycles. The van der Waals surface area contributed by atoms with Gasteiger partial charge in [-0.15, -0.1) is 0 Å². The Hall–Kier alpha value is -1.02. The van der Waals surface area contributed by atoms with Crippen molar-refractivity contribution in [2.75, 3.05) is 0 Å². The zero-order valence-electron chi connectivity index (χ0n) is 9.12. The Balaban J connectivity index is 2.01. The number of fused-ring (bicyclic) bond motifs is 1. The summed E-state index contributed by atoms with van der Waals surface area (Å²) in [4.78, 5) is 0. The Morgan fingerprint density at radius 3 is 2.87 bits per heavy atom. The average Bonchev–Trinajstić information content (AvgIpc) is 2.16. The van der Waals surface area contributed by atoms with Gasteiger partial charge in [0.15, 0.2) is 0 Å². The number of nitrogens with two attached hydrogens (primary N) is 1. The normalized spacial score (nSPS) is 26.7. The zero-order valence-corrected chi connectivity index (χ0v) is 9.12. The zero-order chi connectivity index (χ0) is 10.5. The Kier molecular flexibility index (Phi) is 1.84. The van der Waals surface area contributed by atoms with Crippen LogP contribution in [0.1, 0.15) is 42.9 Å². The molecule has 1 aliphatic heterocycles. The summed E-state index contributed by atoms with van der Waals surface area (Å²) in [7, 11) is 0. The summed E-state index contributed by atoms with van der Waals surface area (Å²) in [6.07, 6.45) is 4.62. The molecule has 0 radical (unpaired) electrons. The van der Waals surface area contributed by atoms with E-state index in [0.29, 0.717) is 0 Å². The van der Waals surface area contributed by atoms with E-state index in [0.717, 1.165) is 12.2 Å². The van der Waals surface area contributed by atoms with Crippen LogP contribution in [-0.4, -0.2) is 5.60 Å². The summed E-state index contributed by atoms with van der Waals surface area (Å²) in [5.41, 5.74) is 8.75. The lowest BCUT2D eigenvalue weighted by atomic mass is 9.73. The van der Waals surface area contributed by atoms with E-state index in [1.165, 1.54) is 30.4 Å². The summed E-state index contributed by atoms with van der Waals surface area (Å²) in [5.74, 6) is 1.01. The second-order valence-electron chi connectivity index (χ2n) is 4.99. The molecule has 0 unspecified atom stereocenters.